The van der Waals surface area contributed by atoms with E-state index in [1.165, 1.54) is 28.4 Å². The van der Waals surface area contributed by atoms with Crippen molar-refractivity contribution in [3.63, 3.8) is 0 Å². The van der Waals surface area contributed by atoms with Crippen LogP contribution in [0, 0.1) is 17.3 Å². The maximum atomic E-state index is 9.85. The van der Waals surface area contributed by atoms with E-state index >= 15 is 0 Å². The first-order valence-corrected chi connectivity index (χ1v) is 10.5. The molecule has 8 unspecified atom stereocenters. The van der Waals surface area contributed by atoms with Crippen LogP contribution in [0.5, 0.6) is 0 Å². The summed E-state index contributed by atoms with van der Waals surface area (Å²) in [5.41, 5.74) is 0.0572. The minimum atomic E-state index is -1.09. The lowest BCUT2D eigenvalue weighted by Crippen LogP contribution is -2.48. The highest BCUT2D eigenvalue weighted by atomic mass is 16.5. The van der Waals surface area contributed by atoms with Gasteiger partial charge in [0.05, 0.1) is 38.6 Å². The molecule has 1 rings (SSSR count). The lowest BCUT2D eigenvalue weighted by atomic mass is 9.87. The zero-order valence-electron chi connectivity index (χ0n) is 19.7. The molecule has 0 aromatic carbocycles. The van der Waals surface area contributed by atoms with E-state index in [4.69, 9.17) is 29.2 Å². The molecule has 0 spiro atoms. The average Bonchev–Trinajstić information content (AvgIpc) is 3.09. The molecule has 0 heterocycles. The maximum absolute atomic E-state index is 9.85. The first kappa shape index (κ1) is 30.6. The quantitative estimate of drug-likeness (QED) is 0.198. The first-order chi connectivity index (χ1) is 14.5. The minimum absolute atomic E-state index is 0.0572. The topological polar surface area (TPSA) is 158 Å². The summed E-state index contributed by atoms with van der Waals surface area (Å²) in [6, 6.07) is 0. The normalized spacial score (nSPS) is 26.3. The third-order valence-electron chi connectivity index (χ3n) is 5.87. The Morgan fingerprint density at radius 3 is 1.26 bits per heavy atom. The summed E-state index contributed by atoms with van der Waals surface area (Å²) in [6.45, 7) is 3.98. The van der Waals surface area contributed by atoms with Gasteiger partial charge in [-0.1, -0.05) is 13.8 Å². The Morgan fingerprint density at radius 1 is 0.710 bits per heavy atom. The Hall–Kier alpha value is -0.400. The Bertz CT molecular complexity index is 412. The fourth-order valence-electron chi connectivity index (χ4n) is 4.16. The van der Waals surface area contributed by atoms with Crippen molar-refractivity contribution in [2.75, 3.05) is 54.9 Å². The van der Waals surface area contributed by atoms with E-state index in [0.29, 0.717) is 0 Å². The fraction of sp³-hybridized carbons (Fsp3) is 1.00. The summed E-state index contributed by atoms with van der Waals surface area (Å²) < 4.78 is 19.8. The van der Waals surface area contributed by atoms with E-state index in [2.05, 4.69) is 13.8 Å². The number of ether oxygens (including phenoxy) is 4. The van der Waals surface area contributed by atoms with Crippen LogP contribution in [0.15, 0.2) is 0 Å². The van der Waals surface area contributed by atoms with E-state index in [9.17, 15) is 20.4 Å². The number of rotatable bonds is 13. The Kier molecular flexibility index (Phi) is 15.2. The number of aliphatic hydroxyl groups is 6. The van der Waals surface area contributed by atoms with Crippen molar-refractivity contribution in [3.8, 4) is 0 Å². The predicted molar refractivity (Wildman–Crippen MR) is 114 cm³/mol. The van der Waals surface area contributed by atoms with Crippen LogP contribution >= 0.6 is 0 Å². The van der Waals surface area contributed by atoms with Crippen LogP contribution < -0.4 is 0 Å². The molecule has 31 heavy (non-hydrogen) atoms. The monoisotopic (exact) mass is 456 g/mol. The van der Waals surface area contributed by atoms with Crippen LogP contribution in [-0.2, 0) is 18.9 Å². The molecule has 10 nitrogen and oxygen atoms in total. The van der Waals surface area contributed by atoms with Crippen molar-refractivity contribution >= 4 is 0 Å². The molecule has 0 amide bonds. The predicted octanol–water partition coefficient (Wildman–Crippen LogP) is -1.22. The van der Waals surface area contributed by atoms with Gasteiger partial charge in [0.2, 0.25) is 0 Å². The van der Waals surface area contributed by atoms with Gasteiger partial charge in [-0.2, -0.15) is 0 Å². The summed E-state index contributed by atoms with van der Waals surface area (Å²) in [5.74, 6) is -0.237. The summed E-state index contributed by atoms with van der Waals surface area (Å²) in [5, 5.41) is 56.9. The number of hydrogen-bond donors (Lipinski definition) is 6. The highest BCUT2D eigenvalue weighted by Gasteiger charge is 2.45. The van der Waals surface area contributed by atoms with Crippen molar-refractivity contribution < 1.29 is 49.6 Å². The number of aliphatic hydroxyl groups excluding tert-OH is 6. The smallest absolute Gasteiger partial charge is 0.111 e. The molecule has 1 aliphatic carbocycles. The van der Waals surface area contributed by atoms with Gasteiger partial charge in [0.1, 0.15) is 24.4 Å². The van der Waals surface area contributed by atoms with Crippen LogP contribution in [0.2, 0.25) is 0 Å². The summed E-state index contributed by atoms with van der Waals surface area (Å²) >= 11 is 0. The number of methoxy groups -OCH3 is 4. The molecule has 0 aromatic heterocycles. The molecular weight excluding hydrogens is 412 g/mol. The third kappa shape index (κ3) is 9.95. The Balaban J connectivity index is 0.000000581. The van der Waals surface area contributed by atoms with Gasteiger partial charge < -0.3 is 49.6 Å². The zero-order valence-corrected chi connectivity index (χ0v) is 19.7. The molecule has 8 atom stereocenters. The highest BCUT2D eigenvalue weighted by molar-refractivity contribution is 4.94. The molecule has 0 aromatic rings. The van der Waals surface area contributed by atoms with E-state index in [1.54, 1.807) is 0 Å². The van der Waals surface area contributed by atoms with Gasteiger partial charge in [-0.3, -0.25) is 0 Å². The van der Waals surface area contributed by atoms with Crippen LogP contribution in [0.3, 0.4) is 0 Å². The molecular formula is C21H44O10. The molecule has 10 heteroatoms. The van der Waals surface area contributed by atoms with Crippen molar-refractivity contribution in [2.45, 2.75) is 63.3 Å². The molecule has 1 aliphatic rings. The Morgan fingerprint density at radius 2 is 1.03 bits per heavy atom. The SMILES string of the molecule is CC1(C)CC(C(O)CO)C(C(O)CO)C1.COCC(OC)C(O)C(O)C(COC)OC. The van der Waals surface area contributed by atoms with Gasteiger partial charge in [-0.05, 0) is 30.1 Å². The lowest BCUT2D eigenvalue weighted by Gasteiger charge is -2.29. The lowest BCUT2D eigenvalue weighted by molar-refractivity contribution is -0.145. The minimum Gasteiger partial charge on any atom is -0.394 e. The number of hydrogen-bond acceptors (Lipinski definition) is 10. The summed E-state index contributed by atoms with van der Waals surface area (Å²) in [7, 11) is 5.87. The average molecular weight is 457 g/mol. The molecule has 0 radical (unpaired) electrons. The van der Waals surface area contributed by atoms with E-state index in [0.717, 1.165) is 12.8 Å². The second kappa shape index (κ2) is 15.4. The second-order valence-electron chi connectivity index (χ2n) is 8.84. The van der Waals surface area contributed by atoms with Crippen molar-refractivity contribution in [2.24, 2.45) is 17.3 Å². The van der Waals surface area contributed by atoms with Crippen molar-refractivity contribution in [1.29, 1.82) is 0 Å². The molecule has 6 N–H and O–H groups in total. The Labute approximate surface area is 185 Å². The van der Waals surface area contributed by atoms with Gasteiger partial charge in [-0.15, -0.1) is 0 Å². The summed E-state index contributed by atoms with van der Waals surface area (Å²) in [6.07, 6.45) is -3.43. The molecule has 0 bridgehead atoms. The standard InChI is InChI=1S/C11H22O4.C10H22O6/c1-11(2)3-7(9(14)5-12)8(4-11)10(15)6-13;1-13-5-7(15-3)9(11)10(12)8(16-4)6-14-2/h7-10,12-15H,3-6H2,1-2H3;7-12H,5-6H2,1-4H3. The van der Waals surface area contributed by atoms with Gasteiger partial charge in [0.15, 0.2) is 0 Å². The van der Waals surface area contributed by atoms with Crippen LogP contribution in [0.4, 0.5) is 0 Å². The van der Waals surface area contributed by atoms with Crippen LogP contribution in [-0.4, -0.2) is 122 Å². The summed E-state index contributed by atoms with van der Waals surface area (Å²) in [4.78, 5) is 0. The van der Waals surface area contributed by atoms with E-state index in [-0.39, 0.29) is 43.7 Å². The molecule has 1 saturated carbocycles. The first-order valence-electron chi connectivity index (χ1n) is 10.5. The van der Waals surface area contributed by atoms with Gasteiger partial charge in [0.25, 0.3) is 0 Å². The van der Waals surface area contributed by atoms with Gasteiger partial charge in [0, 0.05) is 28.4 Å². The molecule has 188 valence electrons. The largest absolute Gasteiger partial charge is 0.394 e. The molecule has 0 aliphatic heterocycles. The van der Waals surface area contributed by atoms with Gasteiger partial charge in [-0.25, -0.2) is 0 Å². The van der Waals surface area contributed by atoms with Crippen LogP contribution in [0.25, 0.3) is 0 Å². The van der Waals surface area contributed by atoms with E-state index in [1.807, 2.05) is 0 Å². The molecule has 0 saturated heterocycles. The molecule has 1 fully saturated rings. The zero-order chi connectivity index (χ0) is 24.2. The maximum Gasteiger partial charge on any atom is 0.111 e. The second-order valence-corrected chi connectivity index (χ2v) is 8.84. The van der Waals surface area contributed by atoms with Crippen molar-refractivity contribution in [3.05, 3.63) is 0 Å². The fourth-order valence-corrected chi connectivity index (χ4v) is 4.16. The van der Waals surface area contributed by atoms with Crippen molar-refractivity contribution in [1.82, 2.24) is 0 Å². The van der Waals surface area contributed by atoms with Crippen LogP contribution in [0.1, 0.15) is 26.7 Å². The highest BCUT2D eigenvalue weighted by Crippen LogP contribution is 2.47. The van der Waals surface area contributed by atoms with Gasteiger partial charge >= 0.3 is 0 Å². The third-order valence-corrected chi connectivity index (χ3v) is 5.87. The van der Waals surface area contributed by atoms with E-state index < -0.39 is 36.6 Å².